The topological polar surface area (TPSA) is 20.2 Å². The summed E-state index contributed by atoms with van der Waals surface area (Å²) in [4.78, 5) is 0. The summed E-state index contributed by atoms with van der Waals surface area (Å²) in [6.07, 6.45) is 0. The molecule has 1 aromatic carbocycles. The van der Waals surface area contributed by atoms with Crippen LogP contribution in [-0.4, -0.2) is 5.11 Å². The van der Waals surface area contributed by atoms with Crippen LogP contribution in [0, 0.1) is 13.8 Å². The van der Waals surface area contributed by atoms with Gasteiger partial charge in [-0.1, -0.05) is 39.8 Å². The molecule has 1 N–H and O–H groups in total. The zero-order chi connectivity index (χ0) is 11.1. The molecule has 0 aliphatic rings. The van der Waals surface area contributed by atoms with E-state index in [1.807, 2.05) is 13.8 Å². The maximum atomic E-state index is 9.64. The summed E-state index contributed by atoms with van der Waals surface area (Å²) in [5.74, 6) is 0.180. The van der Waals surface area contributed by atoms with Crippen LogP contribution in [-0.2, 0) is 5.41 Å². The van der Waals surface area contributed by atoms with Crippen molar-refractivity contribution in [1.29, 1.82) is 0 Å². The molecule has 0 saturated carbocycles. The Morgan fingerprint density at radius 1 is 1.20 bits per heavy atom. The molecule has 0 atom stereocenters. The van der Waals surface area contributed by atoms with Crippen LogP contribution >= 0.6 is 11.6 Å². The monoisotopic (exact) mass is 228 g/mol. The van der Waals surface area contributed by atoms with Crippen molar-refractivity contribution in [2.24, 2.45) is 0 Å². The van der Waals surface area contributed by atoms with E-state index in [0.29, 0.717) is 5.02 Å². The molecule has 15 heavy (non-hydrogen) atoms. The molecule has 0 radical (unpaired) electrons. The predicted octanol–water partition coefficient (Wildman–Crippen LogP) is 4.60. The molecule has 1 aromatic rings. The van der Waals surface area contributed by atoms with Gasteiger partial charge in [0.25, 0.3) is 0 Å². The maximum Gasteiger partial charge on any atom is 0.134 e. The van der Waals surface area contributed by atoms with E-state index < -0.39 is 0 Å². The van der Waals surface area contributed by atoms with E-state index in [0.717, 1.165) is 11.1 Å². The fraction of sp³-hybridized carbons (Fsp3) is 0.538. The lowest BCUT2D eigenvalue weighted by Crippen LogP contribution is -2.14. The maximum absolute atomic E-state index is 9.64. The second-order valence-corrected chi connectivity index (χ2v) is 5.15. The molecule has 0 spiro atoms. The second-order valence-electron chi connectivity index (χ2n) is 4.78. The molecule has 2 heteroatoms. The highest BCUT2D eigenvalue weighted by molar-refractivity contribution is 6.33. The molecule has 1 nitrogen and oxygen atoms in total. The highest BCUT2D eigenvalue weighted by Crippen LogP contribution is 2.39. The van der Waals surface area contributed by atoms with Crippen LogP contribution in [0.1, 0.15) is 44.9 Å². The van der Waals surface area contributed by atoms with Gasteiger partial charge in [-0.3, -0.25) is 0 Å². The summed E-state index contributed by atoms with van der Waals surface area (Å²) >= 11 is 6.11. The highest BCUT2D eigenvalue weighted by Gasteiger charge is 2.22. The first-order valence-electron chi connectivity index (χ1n) is 4.74. The first-order chi connectivity index (χ1) is 6.25. The van der Waals surface area contributed by atoms with Gasteiger partial charge in [0.1, 0.15) is 5.75 Å². The number of phenolic OH excluding ortho intramolecular Hbond substituents is 1. The molecule has 0 amide bonds. The SMILES string of the molecule is C.Cc1cc(O)c(Cl)c(C(C)(C)C)c1C. The summed E-state index contributed by atoms with van der Waals surface area (Å²) in [5.41, 5.74) is 3.25. The predicted molar refractivity (Wildman–Crippen MR) is 68.0 cm³/mol. The average molecular weight is 229 g/mol. The van der Waals surface area contributed by atoms with Crippen molar-refractivity contribution in [3.63, 3.8) is 0 Å². The quantitative estimate of drug-likeness (QED) is 0.688. The Morgan fingerprint density at radius 3 is 2.07 bits per heavy atom. The average Bonchev–Trinajstić information content (AvgIpc) is 1.98. The zero-order valence-electron chi connectivity index (χ0n) is 9.40. The Kier molecular flexibility index (Phi) is 4.24. The van der Waals surface area contributed by atoms with E-state index >= 15 is 0 Å². The summed E-state index contributed by atoms with van der Waals surface area (Å²) in [5, 5.41) is 10.1. The normalized spacial score (nSPS) is 11.1. The van der Waals surface area contributed by atoms with E-state index in [9.17, 15) is 5.11 Å². The van der Waals surface area contributed by atoms with E-state index in [2.05, 4.69) is 20.8 Å². The van der Waals surface area contributed by atoms with E-state index in [1.165, 1.54) is 5.56 Å². The van der Waals surface area contributed by atoms with Gasteiger partial charge >= 0.3 is 0 Å². The molecule has 0 aliphatic heterocycles. The van der Waals surface area contributed by atoms with Crippen molar-refractivity contribution < 1.29 is 5.11 Å². The van der Waals surface area contributed by atoms with E-state index in [-0.39, 0.29) is 18.6 Å². The Hall–Kier alpha value is -0.690. The molecular formula is C13H21ClO. The molecule has 0 fully saturated rings. The third-order valence-corrected chi connectivity index (χ3v) is 2.90. The molecule has 1 rings (SSSR count). The molecule has 86 valence electrons. The van der Waals surface area contributed by atoms with Crippen LogP contribution in [0.2, 0.25) is 5.02 Å². The van der Waals surface area contributed by atoms with Crippen molar-refractivity contribution in [1.82, 2.24) is 0 Å². The van der Waals surface area contributed by atoms with Crippen molar-refractivity contribution >= 4 is 11.6 Å². The fourth-order valence-electron chi connectivity index (χ4n) is 1.76. The van der Waals surface area contributed by atoms with Gasteiger partial charge in [-0.15, -0.1) is 0 Å². The second kappa shape index (κ2) is 4.44. The largest absolute Gasteiger partial charge is 0.506 e. The molecule has 0 aliphatic carbocycles. The highest BCUT2D eigenvalue weighted by atomic mass is 35.5. The summed E-state index contributed by atoms with van der Waals surface area (Å²) < 4.78 is 0. The third-order valence-electron chi connectivity index (χ3n) is 2.51. The Labute approximate surface area is 98.1 Å². The first kappa shape index (κ1) is 14.3. The Balaban J connectivity index is 0.00000196. The number of benzene rings is 1. The summed E-state index contributed by atoms with van der Waals surface area (Å²) in [7, 11) is 0. The number of halogens is 1. The van der Waals surface area contributed by atoms with Gasteiger partial charge < -0.3 is 5.11 Å². The van der Waals surface area contributed by atoms with Crippen LogP contribution in [0.15, 0.2) is 6.07 Å². The standard InChI is InChI=1S/C12H17ClO.CH4/c1-7-6-9(14)11(13)10(8(7)2)12(3,4)5;/h6,14H,1-5H3;1H4. The lowest BCUT2D eigenvalue weighted by molar-refractivity contribution is 0.470. The van der Waals surface area contributed by atoms with Crippen LogP contribution in [0.3, 0.4) is 0 Å². The zero-order valence-corrected chi connectivity index (χ0v) is 10.2. The van der Waals surface area contributed by atoms with Gasteiger partial charge in [0.15, 0.2) is 0 Å². The number of rotatable bonds is 0. The molecular weight excluding hydrogens is 208 g/mol. The van der Waals surface area contributed by atoms with Gasteiger partial charge in [-0.05, 0) is 42.0 Å². The van der Waals surface area contributed by atoms with Crippen molar-refractivity contribution in [3.05, 3.63) is 27.8 Å². The minimum Gasteiger partial charge on any atom is -0.506 e. The van der Waals surface area contributed by atoms with E-state index in [4.69, 9.17) is 11.6 Å². The fourth-order valence-corrected chi connectivity index (χ4v) is 2.24. The molecule has 0 heterocycles. The van der Waals surface area contributed by atoms with Gasteiger partial charge in [-0.2, -0.15) is 0 Å². The number of hydrogen-bond acceptors (Lipinski definition) is 1. The van der Waals surface area contributed by atoms with Crippen LogP contribution < -0.4 is 0 Å². The number of aromatic hydroxyl groups is 1. The van der Waals surface area contributed by atoms with Crippen molar-refractivity contribution in [2.75, 3.05) is 0 Å². The van der Waals surface area contributed by atoms with Crippen LogP contribution in [0.5, 0.6) is 5.75 Å². The third kappa shape index (κ3) is 2.66. The van der Waals surface area contributed by atoms with E-state index in [1.54, 1.807) is 6.07 Å². The number of aryl methyl sites for hydroxylation is 1. The lowest BCUT2D eigenvalue weighted by atomic mass is 9.82. The molecule has 0 bridgehead atoms. The Bertz CT molecular complexity index is 336. The molecule has 0 aromatic heterocycles. The Morgan fingerprint density at radius 2 is 1.67 bits per heavy atom. The first-order valence-corrected chi connectivity index (χ1v) is 5.12. The summed E-state index contributed by atoms with van der Waals surface area (Å²) in [6, 6.07) is 1.72. The van der Waals surface area contributed by atoms with Crippen LogP contribution in [0.25, 0.3) is 0 Å². The van der Waals surface area contributed by atoms with Crippen LogP contribution in [0.4, 0.5) is 0 Å². The van der Waals surface area contributed by atoms with Gasteiger partial charge in [0, 0.05) is 0 Å². The van der Waals surface area contributed by atoms with Crippen molar-refractivity contribution in [2.45, 2.75) is 47.5 Å². The minimum absolute atomic E-state index is 0. The minimum atomic E-state index is -0.0370. The number of hydrogen-bond donors (Lipinski definition) is 1. The van der Waals surface area contributed by atoms with Gasteiger partial charge in [0.2, 0.25) is 0 Å². The summed E-state index contributed by atoms with van der Waals surface area (Å²) in [6.45, 7) is 10.3. The van der Waals surface area contributed by atoms with Gasteiger partial charge in [0.05, 0.1) is 5.02 Å². The van der Waals surface area contributed by atoms with Gasteiger partial charge in [-0.25, -0.2) is 0 Å². The lowest BCUT2D eigenvalue weighted by Gasteiger charge is -2.24. The smallest absolute Gasteiger partial charge is 0.134 e. The molecule has 0 unspecified atom stereocenters. The van der Waals surface area contributed by atoms with Crippen molar-refractivity contribution in [3.8, 4) is 5.75 Å². The number of phenols is 1. The molecule has 0 saturated heterocycles.